The van der Waals surface area contributed by atoms with Crippen LogP contribution in [0.15, 0.2) is 61.1 Å². The third kappa shape index (κ3) is 5.78. The van der Waals surface area contributed by atoms with E-state index < -0.39 is 36.2 Å². The van der Waals surface area contributed by atoms with Crippen molar-refractivity contribution < 1.29 is 31.9 Å². The highest BCUT2D eigenvalue weighted by molar-refractivity contribution is 5.99. The number of nitrogens with one attached hydrogen (secondary N) is 1. The Morgan fingerprint density at radius 3 is 2.56 bits per heavy atom. The second-order valence-electron chi connectivity index (χ2n) is 6.46. The standard InChI is InChI=1S/C21H16F4N4O3/c1-13(30)29(17-7-8-26-12-16(17)22)19-11-15(6-9-27-19)28-20(31)10-14-4-2-3-5-18(14)32-21(23,24)25/h2-9,11-12H,10H2,1H3,(H,27,28,31). The smallest absolute Gasteiger partial charge is 0.405 e. The molecule has 11 heteroatoms. The highest BCUT2D eigenvalue weighted by atomic mass is 19.4. The van der Waals surface area contributed by atoms with Crippen molar-refractivity contribution in [2.45, 2.75) is 19.7 Å². The molecule has 166 valence electrons. The maximum Gasteiger partial charge on any atom is 0.573 e. The van der Waals surface area contributed by atoms with Crippen molar-refractivity contribution in [2.75, 3.05) is 10.2 Å². The van der Waals surface area contributed by atoms with Gasteiger partial charge >= 0.3 is 6.36 Å². The molecule has 1 N–H and O–H groups in total. The van der Waals surface area contributed by atoms with Crippen LogP contribution in [0.3, 0.4) is 0 Å². The largest absolute Gasteiger partial charge is 0.573 e. The van der Waals surface area contributed by atoms with Crippen LogP contribution in [0, 0.1) is 5.82 Å². The summed E-state index contributed by atoms with van der Waals surface area (Å²) < 4.78 is 55.8. The summed E-state index contributed by atoms with van der Waals surface area (Å²) in [6.07, 6.45) is -1.76. The molecule has 0 aliphatic rings. The van der Waals surface area contributed by atoms with Gasteiger partial charge in [-0.25, -0.2) is 9.37 Å². The van der Waals surface area contributed by atoms with Crippen molar-refractivity contribution in [3.63, 3.8) is 0 Å². The fourth-order valence-corrected chi connectivity index (χ4v) is 2.87. The molecule has 2 aromatic heterocycles. The summed E-state index contributed by atoms with van der Waals surface area (Å²) in [5.74, 6) is -2.38. The minimum absolute atomic E-state index is 0.0285. The fourth-order valence-electron chi connectivity index (χ4n) is 2.87. The lowest BCUT2D eigenvalue weighted by Gasteiger charge is -2.21. The SMILES string of the molecule is CC(=O)N(c1cc(NC(=O)Cc2ccccc2OC(F)(F)F)ccn1)c1ccncc1F. The Bertz CT molecular complexity index is 1140. The summed E-state index contributed by atoms with van der Waals surface area (Å²) in [6, 6.07) is 9.31. The maximum atomic E-state index is 14.1. The highest BCUT2D eigenvalue weighted by Gasteiger charge is 2.32. The third-order valence-corrected chi connectivity index (χ3v) is 4.11. The summed E-state index contributed by atoms with van der Waals surface area (Å²) in [7, 11) is 0. The number of amides is 2. The normalized spacial score (nSPS) is 11.0. The molecule has 0 radical (unpaired) electrons. The molecule has 7 nitrogen and oxygen atoms in total. The zero-order valence-electron chi connectivity index (χ0n) is 16.6. The van der Waals surface area contributed by atoms with Gasteiger partial charge < -0.3 is 10.1 Å². The number of alkyl halides is 3. The minimum atomic E-state index is -4.90. The zero-order valence-corrected chi connectivity index (χ0v) is 16.6. The van der Waals surface area contributed by atoms with E-state index in [1.807, 2.05) is 0 Å². The van der Waals surface area contributed by atoms with Gasteiger partial charge in [0.1, 0.15) is 11.6 Å². The lowest BCUT2D eigenvalue weighted by molar-refractivity contribution is -0.274. The number of rotatable bonds is 6. The van der Waals surface area contributed by atoms with Crippen LogP contribution in [0.1, 0.15) is 12.5 Å². The number of carbonyl (C=O) groups is 2. The van der Waals surface area contributed by atoms with Crippen molar-refractivity contribution in [3.8, 4) is 5.75 Å². The molecule has 0 saturated carbocycles. The quantitative estimate of drug-likeness (QED) is 0.566. The summed E-state index contributed by atoms with van der Waals surface area (Å²) in [5.41, 5.74) is 0.150. The zero-order chi connectivity index (χ0) is 23.3. The fraction of sp³-hybridized carbons (Fsp3) is 0.143. The van der Waals surface area contributed by atoms with E-state index in [9.17, 15) is 27.2 Å². The first-order chi connectivity index (χ1) is 15.1. The molecule has 0 unspecified atom stereocenters. The number of hydrogen-bond acceptors (Lipinski definition) is 5. The Labute approximate surface area is 179 Å². The molecule has 0 saturated heterocycles. The van der Waals surface area contributed by atoms with Crippen LogP contribution in [0.25, 0.3) is 0 Å². The summed E-state index contributed by atoms with van der Waals surface area (Å²) in [5, 5.41) is 2.52. The number of hydrogen-bond donors (Lipinski definition) is 1. The second kappa shape index (κ2) is 9.41. The molecule has 0 fully saturated rings. The molecule has 0 atom stereocenters. The molecule has 3 rings (SSSR count). The van der Waals surface area contributed by atoms with Crippen molar-refractivity contribution in [2.24, 2.45) is 0 Å². The van der Waals surface area contributed by atoms with Crippen molar-refractivity contribution >= 4 is 29.0 Å². The number of aromatic nitrogens is 2. The number of anilines is 3. The van der Waals surface area contributed by atoms with Gasteiger partial charge in [-0.15, -0.1) is 13.2 Å². The van der Waals surface area contributed by atoms with Gasteiger partial charge in [-0.05, 0) is 18.2 Å². The lowest BCUT2D eigenvalue weighted by atomic mass is 10.1. The monoisotopic (exact) mass is 448 g/mol. The molecule has 0 aliphatic carbocycles. The number of para-hydroxylation sites is 1. The van der Waals surface area contributed by atoms with E-state index in [1.165, 1.54) is 55.7 Å². The molecule has 0 bridgehead atoms. The first-order valence-corrected chi connectivity index (χ1v) is 9.14. The van der Waals surface area contributed by atoms with E-state index in [4.69, 9.17) is 0 Å². The van der Waals surface area contributed by atoms with Gasteiger partial charge in [-0.3, -0.25) is 19.5 Å². The Kier molecular flexibility index (Phi) is 6.67. The first kappa shape index (κ1) is 22.7. The first-order valence-electron chi connectivity index (χ1n) is 9.14. The Hall–Kier alpha value is -4.02. The molecule has 2 heterocycles. The van der Waals surface area contributed by atoms with Crippen LogP contribution in [0.5, 0.6) is 5.75 Å². The topological polar surface area (TPSA) is 84.4 Å². The Balaban J connectivity index is 1.80. The minimum Gasteiger partial charge on any atom is -0.405 e. The summed E-state index contributed by atoms with van der Waals surface area (Å²) in [4.78, 5) is 33.2. The molecular formula is C21H16F4N4O3. The highest BCUT2D eigenvalue weighted by Crippen LogP contribution is 2.29. The van der Waals surface area contributed by atoms with Gasteiger partial charge in [0.2, 0.25) is 11.8 Å². The molecular weight excluding hydrogens is 432 g/mol. The van der Waals surface area contributed by atoms with Crippen LogP contribution in [0.2, 0.25) is 0 Å². The number of ether oxygens (including phenoxy) is 1. The van der Waals surface area contributed by atoms with Gasteiger partial charge in [0.15, 0.2) is 5.82 Å². The van der Waals surface area contributed by atoms with Crippen molar-refractivity contribution in [1.82, 2.24) is 9.97 Å². The number of benzene rings is 1. The predicted octanol–water partition coefficient (Wildman–Crippen LogP) is 4.38. The van der Waals surface area contributed by atoms with E-state index in [2.05, 4.69) is 20.0 Å². The molecule has 3 aromatic rings. The van der Waals surface area contributed by atoms with Crippen molar-refractivity contribution in [3.05, 3.63) is 72.4 Å². The summed E-state index contributed by atoms with van der Waals surface area (Å²) >= 11 is 0. The number of halogens is 4. The molecule has 1 aromatic carbocycles. The van der Waals surface area contributed by atoms with E-state index >= 15 is 0 Å². The average Bonchev–Trinajstić information content (AvgIpc) is 2.70. The van der Waals surface area contributed by atoms with E-state index in [0.29, 0.717) is 0 Å². The van der Waals surface area contributed by atoms with Crippen LogP contribution in [-0.4, -0.2) is 28.1 Å². The van der Waals surface area contributed by atoms with E-state index in [1.54, 1.807) is 0 Å². The second-order valence-corrected chi connectivity index (χ2v) is 6.46. The Morgan fingerprint density at radius 2 is 1.88 bits per heavy atom. The molecule has 2 amide bonds. The van der Waals surface area contributed by atoms with Gasteiger partial charge in [0, 0.05) is 36.6 Å². The summed E-state index contributed by atoms with van der Waals surface area (Å²) in [6.45, 7) is 1.21. The average molecular weight is 448 g/mol. The molecule has 0 spiro atoms. The maximum absolute atomic E-state index is 14.1. The Morgan fingerprint density at radius 1 is 1.12 bits per heavy atom. The number of carbonyl (C=O) groups excluding carboxylic acids is 2. The molecule has 0 aliphatic heterocycles. The lowest BCUT2D eigenvalue weighted by Crippen LogP contribution is -2.25. The van der Waals surface area contributed by atoms with Crippen LogP contribution < -0.4 is 15.0 Å². The van der Waals surface area contributed by atoms with E-state index in [0.717, 1.165) is 17.2 Å². The van der Waals surface area contributed by atoms with Gasteiger partial charge in [-0.1, -0.05) is 18.2 Å². The number of pyridine rings is 2. The van der Waals surface area contributed by atoms with Crippen LogP contribution in [-0.2, 0) is 16.0 Å². The van der Waals surface area contributed by atoms with Crippen LogP contribution in [0.4, 0.5) is 34.8 Å². The number of nitrogens with zero attached hydrogens (tertiary/aromatic N) is 3. The predicted molar refractivity (Wildman–Crippen MR) is 107 cm³/mol. The molecule has 32 heavy (non-hydrogen) atoms. The van der Waals surface area contributed by atoms with Gasteiger partial charge in [0.25, 0.3) is 0 Å². The van der Waals surface area contributed by atoms with Gasteiger partial charge in [-0.2, -0.15) is 0 Å². The van der Waals surface area contributed by atoms with Crippen LogP contribution >= 0.6 is 0 Å². The van der Waals surface area contributed by atoms with Crippen molar-refractivity contribution in [1.29, 1.82) is 0 Å². The third-order valence-electron chi connectivity index (χ3n) is 4.11. The van der Waals surface area contributed by atoms with E-state index in [-0.39, 0.29) is 22.8 Å². The van der Waals surface area contributed by atoms with Gasteiger partial charge in [0.05, 0.1) is 18.3 Å².